The summed E-state index contributed by atoms with van der Waals surface area (Å²) in [5, 5.41) is 9.69. The van der Waals surface area contributed by atoms with Gasteiger partial charge in [0.25, 0.3) is 0 Å². The van der Waals surface area contributed by atoms with Crippen molar-refractivity contribution in [2.45, 2.75) is 77.6 Å². The predicted molar refractivity (Wildman–Crippen MR) is 281 cm³/mol. The van der Waals surface area contributed by atoms with Crippen LogP contribution >= 0.6 is 11.3 Å². The maximum Gasteiger partial charge on any atom is 0.333 e. The van der Waals surface area contributed by atoms with Crippen molar-refractivity contribution in [1.29, 1.82) is 0 Å². The highest BCUT2D eigenvalue weighted by molar-refractivity contribution is 7.26. The van der Waals surface area contributed by atoms with E-state index in [4.69, 9.17) is 8.83 Å². The maximum absolute atomic E-state index is 7.32. The topological polar surface area (TPSA) is 34.5 Å². The molecule has 0 radical (unpaired) electrons. The summed E-state index contributed by atoms with van der Waals surface area (Å²) in [6.07, 6.45) is 2.30. The van der Waals surface area contributed by atoms with E-state index in [1.807, 2.05) is 11.3 Å². The molecule has 4 nitrogen and oxygen atoms in total. The van der Waals surface area contributed by atoms with Crippen LogP contribution in [0, 0.1) is 0 Å². The Labute approximate surface area is 387 Å². The SMILES string of the molecule is CC(C)(C)c1ccc(N2B3c4cc5sc6ccccc6c5cc4-n4c5cc6c(cc5c5c7oc8ccccc8c7c(c3c54)-c3cc4c(cc32)oc2ccccc24)C(C)(C)CCC6(C)C)cc1. The number of hydrogen-bond donors (Lipinski definition) is 0. The number of benzene rings is 8. The zero-order valence-electron chi connectivity index (χ0n) is 38.3. The van der Waals surface area contributed by atoms with Gasteiger partial charge in [-0.1, -0.05) is 115 Å². The van der Waals surface area contributed by atoms with E-state index < -0.39 is 0 Å². The lowest BCUT2D eigenvalue weighted by molar-refractivity contribution is 0.332. The van der Waals surface area contributed by atoms with Gasteiger partial charge in [-0.15, -0.1) is 11.3 Å². The van der Waals surface area contributed by atoms with Crippen LogP contribution in [0.15, 0.2) is 142 Å². The molecule has 15 rings (SSSR count). The summed E-state index contributed by atoms with van der Waals surface area (Å²) in [5.74, 6) is 0. The van der Waals surface area contributed by atoms with Crippen molar-refractivity contribution in [3.8, 4) is 16.8 Å². The lowest BCUT2D eigenvalue weighted by Crippen LogP contribution is -2.60. The van der Waals surface area contributed by atoms with Crippen LogP contribution in [0.25, 0.3) is 103 Å². The summed E-state index contributed by atoms with van der Waals surface area (Å²) in [7, 11) is 0. The Hall–Kier alpha value is -6.76. The number of anilines is 2. The van der Waals surface area contributed by atoms with Crippen molar-refractivity contribution in [3.63, 3.8) is 0 Å². The Morgan fingerprint density at radius 3 is 2.02 bits per heavy atom. The van der Waals surface area contributed by atoms with Gasteiger partial charge >= 0.3 is 6.85 Å². The lowest BCUT2D eigenvalue weighted by Gasteiger charge is -2.42. The molecule has 12 aromatic rings. The van der Waals surface area contributed by atoms with Gasteiger partial charge in [-0.3, -0.25) is 0 Å². The second-order valence-corrected chi connectivity index (χ2v) is 23.0. The van der Waals surface area contributed by atoms with Crippen molar-refractivity contribution < 1.29 is 8.83 Å². The van der Waals surface area contributed by atoms with Gasteiger partial charge in [-0.2, -0.15) is 0 Å². The quantitative estimate of drug-likeness (QED) is 0.154. The summed E-state index contributed by atoms with van der Waals surface area (Å²) in [4.78, 5) is 2.65. The van der Waals surface area contributed by atoms with Crippen LogP contribution in [0.5, 0.6) is 0 Å². The highest BCUT2D eigenvalue weighted by Gasteiger charge is 2.47. The van der Waals surface area contributed by atoms with Crippen LogP contribution in [0.2, 0.25) is 0 Å². The van der Waals surface area contributed by atoms with E-state index in [9.17, 15) is 0 Å². The molecule has 0 fully saturated rings. The largest absolute Gasteiger partial charge is 0.456 e. The number of furan rings is 2. The first-order chi connectivity index (χ1) is 31.8. The van der Waals surface area contributed by atoms with Gasteiger partial charge in [0.05, 0.1) is 16.4 Å². The van der Waals surface area contributed by atoms with E-state index in [1.165, 1.54) is 91.8 Å². The Morgan fingerprint density at radius 1 is 0.576 bits per heavy atom. The Morgan fingerprint density at radius 2 is 1.26 bits per heavy atom. The molecule has 4 aromatic heterocycles. The highest BCUT2D eigenvalue weighted by atomic mass is 32.1. The molecule has 6 heterocycles. The molecule has 0 spiro atoms. The standard InChI is InChI=1S/C60H47BN2O2S/c1-58(2,3)32-20-22-33(23-21-32)63-45-31-49-37(34-14-8-11-17-47(34)64-49)26-39(45)52-53-36-16-9-12-18-48(36)65-57(53)54-40-27-41-42(60(6,7)25-24-59(41,4)5)29-44(40)62-46-28-38-35-15-10-13-19-50(35)66-51(38)30-43(46)61(63)55(52)56(54)62/h8-23,26-31H,24-25H2,1-7H3. The van der Waals surface area contributed by atoms with E-state index in [0.717, 1.165) is 62.7 Å². The summed E-state index contributed by atoms with van der Waals surface area (Å²) in [5.41, 5.74) is 19.1. The minimum absolute atomic E-state index is 0.0128. The van der Waals surface area contributed by atoms with Gasteiger partial charge in [0, 0.05) is 75.8 Å². The highest BCUT2D eigenvalue weighted by Crippen LogP contribution is 2.55. The Kier molecular flexibility index (Phi) is 6.91. The normalized spacial score (nSPS) is 16.2. The third kappa shape index (κ3) is 4.65. The first-order valence-electron chi connectivity index (χ1n) is 23.7. The molecule has 0 bridgehead atoms. The first-order valence-corrected chi connectivity index (χ1v) is 24.5. The van der Waals surface area contributed by atoms with Gasteiger partial charge in [-0.05, 0) is 123 Å². The zero-order chi connectivity index (χ0) is 44.3. The summed E-state index contributed by atoms with van der Waals surface area (Å²) in [6.45, 7) is 16.6. The molecule has 1 aliphatic carbocycles. The number of hydrogen-bond acceptors (Lipinski definition) is 4. The van der Waals surface area contributed by atoms with E-state index in [1.54, 1.807) is 0 Å². The fraction of sp³-hybridized carbons (Fsp3) is 0.200. The molecule has 0 atom stereocenters. The van der Waals surface area contributed by atoms with Crippen LogP contribution in [0.3, 0.4) is 0 Å². The molecular formula is C60H47BN2O2S. The molecule has 8 aromatic carbocycles. The zero-order valence-corrected chi connectivity index (χ0v) is 39.1. The van der Waals surface area contributed by atoms with Crippen LogP contribution in [-0.2, 0) is 16.2 Å². The van der Waals surface area contributed by atoms with Gasteiger partial charge < -0.3 is 18.2 Å². The van der Waals surface area contributed by atoms with Crippen LogP contribution in [0.1, 0.15) is 78.0 Å². The van der Waals surface area contributed by atoms with Gasteiger partial charge in [0.15, 0.2) is 0 Å². The summed E-state index contributed by atoms with van der Waals surface area (Å²) in [6, 6.07) is 50.6. The molecule has 318 valence electrons. The van der Waals surface area contributed by atoms with Gasteiger partial charge in [0.1, 0.15) is 22.3 Å². The number of aromatic nitrogens is 1. The predicted octanol–water partition coefficient (Wildman–Crippen LogP) is 15.8. The van der Waals surface area contributed by atoms with Crippen LogP contribution < -0.4 is 15.7 Å². The smallest absolute Gasteiger partial charge is 0.333 e. The minimum Gasteiger partial charge on any atom is -0.456 e. The van der Waals surface area contributed by atoms with Crippen molar-refractivity contribution in [1.82, 2.24) is 4.57 Å². The lowest BCUT2D eigenvalue weighted by atomic mass is 9.43. The molecule has 6 heteroatoms. The molecule has 0 saturated heterocycles. The minimum atomic E-state index is -0.167. The van der Waals surface area contributed by atoms with Crippen molar-refractivity contribution >= 4 is 126 Å². The third-order valence-corrected chi connectivity index (χ3v) is 17.3. The number of rotatable bonds is 1. The fourth-order valence-electron chi connectivity index (χ4n) is 12.7. The fourth-order valence-corrected chi connectivity index (χ4v) is 13.8. The van der Waals surface area contributed by atoms with E-state index in [0.29, 0.717) is 0 Å². The summed E-state index contributed by atoms with van der Waals surface area (Å²) < 4.78 is 19.4. The molecule has 2 aliphatic heterocycles. The molecule has 0 amide bonds. The summed E-state index contributed by atoms with van der Waals surface area (Å²) >= 11 is 1.91. The van der Waals surface area contributed by atoms with E-state index in [-0.39, 0.29) is 23.1 Å². The monoisotopic (exact) mass is 870 g/mol. The molecule has 0 unspecified atom stereocenters. The molecule has 3 aliphatic rings. The van der Waals surface area contributed by atoms with E-state index >= 15 is 0 Å². The number of nitrogens with zero attached hydrogens (tertiary/aromatic N) is 2. The molecule has 0 N–H and O–H groups in total. The molecule has 66 heavy (non-hydrogen) atoms. The van der Waals surface area contributed by atoms with Crippen molar-refractivity contribution in [2.75, 3.05) is 4.81 Å². The number of para-hydroxylation sites is 2. The van der Waals surface area contributed by atoms with Crippen LogP contribution in [-0.4, -0.2) is 11.4 Å². The molecular weight excluding hydrogens is 824 g/mol. The first kappa shape index (κ1) is 37.5. The third-order valence-electron chi connectivity index (χ3n) is 16.2. The maximum atomic E-state index is 7.32. The Balaban J connectivity index is 1.21. The molecule has 0 saturated carbocycles. The Bertz CT molecular complexity index is 4170. The second kappa shape index (κ2) is 12.2. The number of fused-ring (bicyclic) bond motifs is 20. The second-order valence-electron chi connectivity index (χ2n) is 21.9. The van der Waals surface area contributed by atoms with Crippen LogP contribution in [0.4, 0.5) is 11.4 Å². The van der Waals surface area contributed by atoms with Gasteiger partial charge in [0.2, 0.25) is 0 Å². The van der Waals surface area contributed by atoms with Crippen molar-refractivity contribution in [3.05, 3.63) is 150 Å². The average molecular weight is 871 g/mol. The van der Waals surface area contributed by atoms with E-state index in [2.05, 4.69) is 191 Å². The van der Waals surface area contributed by atoms with Crippen molar-refractivity contribution in [2.24, 2.45) is 0 Å². The average Bonchev–Trinajstić information content (AvgIpc) is 4.07. The number of thiophene rings is 1. The van der Waals surface area contributed by atoms with Gasteiger partial charge in [-0.25, -0.2) is 0 Å².